The zero-order valence-corrected chi connectivity index (χ0v) is 11.9. The number of rotatable bonds is 6. The molecule has 2 rings (SSSR count). The van der Waals surface area contributed by atoms with E-state index in [1.54, 1.807) is 20.3 Å². The highest BCUT2D eigenvalue weighted by Crippen LogP contribution is 2.28. The Labute approximate surface area is 117 Å². The minimum Gasteiger partial charge on any atom is -0.497 e. The summed E-state index contributed by atoms with van der Waals surface area (Å²) in [6.07, 6.45) is 1.77. The van der Waals surface area contributed by atoms with Gasteiger partial charge in [0.2, 0.25) is 11.7 Å². The third kappa shape index (κ3) is 3.08. The van der Waals surface area contributed by atoms with Gasteiger partial charge in [-0.25, -0.2) is 0 Å². The molecule has 2 N–H and O–H groups in total. The lowest BCUT2D eigenvalue weighted by molar-refractivity contribution is 0.348. The molecule has 0 amide bonds. The van der Waals surface area contributed by atoms with E-state index in [9.17, 15) is 0 Å². The van der Waals surface area contributed by atoms with Crippen LogP contribution in [0.1, 0.15) is 31.7 Å². The van der Waals surface area contributed by atoms with Gasteiger partial charge in [-0.3, -0.25) is 0 Å². The Bertz CT molecular complexity index is 546. The quantitative estimate of drug-likeness (QED) is 0.873. The largest absolute Gasteiger partial charge is 0.497 e. The third-order valence-corrected chi connectivity index (χ3v) is 2.97. The second-order valence-electron chi connectivity index (χ2n) is 4.45. The summed E-state index contributed by atoms with van der Waals surface area (Å²) in [5.41, 5.74) is 6.73. The van der Waals surface area contributed by atoms with Crippen LogP contribution in [0.2, 0.25) is 0 Å². The van der Waals surface area contributed by atoms with Crippen LogP contribution >= 0.6 is 0 Å². The number of benzene rings is 1. The molecule has 0 fully saturated rings. The molecule has 20 heavy (non-hydrogen) atoms. The Hall–Kier alpha value is -2.08. The van der Waals surface area contributed by atoms with Crippen molar-refractivity contribution in [1.29, 1.82) is 0 Å². The van der Waals surface area contributed by atoms with Crippen molar-refractivity contribution in [3.8, 4) is 22.9 Å². The predicted octanol–water partition coefficient (Wildman–Crippen LogP) is 2.55. The number of nitrogens with two attached hydrogens (primary N) is 1. The normalized spacial score (nSPS) is 12.2. The van der Waals surface area contributed by atoms with Gasteiger partial charge >= 0.3 is 0 Å². The van der Waals surface area contributed by atoms with Crippen LogP contribution in [0, 0.1) is 0 Å². The summed E-state index contributed by atoms with van der Waals surface area (Å²) in [6, 6.07) is 5.20. The van der Waals surface area contributed by atoms with Crippen LogP contribution < -0.4 is 15.2 Å². The number of aromatic nitrogens is 2. The molecular formula is C14H19N3O3. The summed E-state index contributed by atoms with van der Waals surface area (Å²) in [4.78, 5) is 4.34. The molecule has 1 aromatic carbocycles. The SMILES string of the molecule is CCC[C@@H](N)c1nc(-c2cc(OC)cc(OC)c2)no1. The number of methoxy groups -OCH3 is 2. The topological polar surface area (TPSA) is 83.4 Å². The van der Waals surface area contributed by atoms with Gasteiger partial charge in [-0.05, 0) is 18.6 Å². The van der Waals surface area contributed by atoms with E-state index < -0.39 is 0 Å². The van der Waals surface area contributed by atoms with E-state index in [1.807, 2.05) is 12.1 Å². The first-order chi connectivity index (χ1) is 9.67. The van der Waals surface area contributed by atoms with E-state index in [1.165, 1.54) is 0 Å². The van der Waals surface area contributed by atoms with Gasteiger partial charge in [0.25, 0.3) is 0 Å². The van der Waals surface area contributed by atoms with Crippen molar-refractivity contribution in [1.82, 2.24) is 10.1 Å². The van der Waals surface area contributed by atoms with Gasteiger partial charge in [0.1, 0.15) is 11.5 Å². The Kier molecular flexibility index (Phi) is 4.57. The lowest BCUT2D eigenvalue weighted by Crippen LogP contribution is -2.09. The van der Waals surface area contributed by atoms with E-state index >= 15 is 0 Å². The van der Waals surface area contributed by atoms with E-state index in [2.05, 4.69) is 17.1 Å². The van der Waals surface area contributed by atoms with Crippen LogP contribution in [0.4, 0.5) is 0 Å². The molecule has 0 aliphatic carbocycles. The van der Waals surface area contributed by atoms with Crippen LogP contribution in [0.25, 0.3) is 11.4 Å². The summed E-state index contributed by atoms with van der Waals surface area (Å²) < 4.78 is 15.7. The molecule has 0 unspecified atom stereocenters. The van der Waals surface area contributed by atoms with E-state index in [-0.39, 0.29) is 6.04 Å². The van der Waals surface area contributed by atoms with Crippen LogP contribution in [0.5, 0.6) is 11.5 Å². The number of hydrogen-bond donors (Lipinski definition) is 1. The van der Waals surface area contributed by atoms with Crippen molar-refractivity contribution < 1.29 is 14.0 Å². The highest BCUT2D eigenvalue weighted by Gasteiger charge is 2.16. The highest BCUT2D eigenvalue weighted by molar-refractivity contribution is 5.60. The smallest absolute Gasteiger partial charge is 0.243 e. The van der Waals surface area contributed by atoms with Crippen molar-refractivity contribution in [3.63, 3.8) is 0 Å². The fourth-order valence-corrected chi connectivity index (χ4v) is 1.87. The molecule has 2 aromatic rings. The molecule has 6 heteroatoms. The predicted molar refractivity (Wildman–Crippen MR) is 74.7 cm³/mol. The Morgan fingerprint density at radius 1 is 1.20 bits per heavy atom. The maximum absolute atomic E-state index is 5.96. The summed E-state index contributed by atoms with van der Waals surface area (Å²) in [5, 5.41) is 3.96. The molecule has 0 saturated heterocycles. The van der Waals surface area contributed by atoms with Crippen LogP contribution in [0.15, 0.2) is 22.7 Å². The van der Waals surface area contributed by atoms with Crippen molar-refractivity contribution in [2.75, 3.05) is 14.2 Å². The Morgan fingerprint density at radius 3 is 2.40 bits per heavy atom. The van der Waals surface area contributed by atoms with Gasteiger partial charge in [-0.15, -0.1) is 0 Å². The molecule has 6 nitrogen and oxygen atoms in total. The first-order valence-electron chi connectivity index (χ1n) is 6.50. The molecular weight excluding hydrogens is 258 g/mol. The molecule has 0 spiro atoms. The number of hydrogen-bond acceptors (Lipinski definition) is 6. The zero-order chi connectivity index (χ0) is 14.5. The summed E-state index contributed by atoms with van der Waals surface area (Å²) in [7, 11) is 3.19. The minimum atomic E-state index is -0.228. The Balaban J connectivity index is 2.31. The van der Waals surface area contributed by atoms with Gasteiger partial charge in [-0.2, -0.15) is 4.98 Å². The molecule has 1 aromatic heterocycles. The fourth-order valence-electron chi connectivity index (χ4n) is 1.87. The van der Waals surface area contributed by atoms with E-state index in [0.717, 1.165) is 18.4 Å². The molecule has 0 saturated carbocycles. The standard InChI is InChI=1S/C14H19N3O3/c1-4-5-12(15)14-16-13(17-20-14)9-6-10(18-2)8-11(7-9)19-3/h6-8,12H,4-5,15H2,1-3H3/t12-/m1/s1. The van der Waals surface area contributed by atoms with Crippen LogP contribution in [-0.4, -0.2) is 24.4 Å². The monoisotopic (exact) mass is 277 g/mol. The van der Waals surface area contributed by atoms with Gasteiger partial charge in [0.05, 0.1) is 20.3 Å². The third-order valence-electron chi connectivity index (χ3n) is 2.97. The van der Waals surface area contributed by atoms with Crippen LogP contribution in [-0.2, 0) is 0 Å². The van der Waals surface area contributed by atoms with Gasteiger partial charge < -0.3 is 19.7 Å². The Morgan fingerprint density at radius 2 is 1.85 bits per heavy atom. The maximum Gasteiger partial charge on any atom is 0.243 e. The summed E-state index contributed by atoms with van der Waals surface area (Å²) in [6.45, 7) is 2.06. The summed E-state index contributed by atoms with van der Waals surface area (Å²) in [5.74, 6) is 2.26. The molecule has 1 heterocycles. The number of ether oxygens (including phenoxy) is 2. The van der Waals surface area contributed by atoms with Gasteiger partial charge in [0, 0.05) is 11.6 Å². The fraction of sp³-hybridized carbons (Fsp3) is 0.429. The van der Waals surface area contributed by atoms with Crippen molar-refractivity contribution >= 4 is 0 Å². The van der Waals surface area contributed by atoms with Gasteiger partial charge in [-0.1, -0.05) is 18.5 Å². The molecule has 108 valence electrons. The zero-order valence-electron chi connectivity index (χ0n) is 11.9. The van der Waals surface area contributed by atoms with E-state index in [4.69, 9.17) is 19.7 Å². The number of nitrogens with zero attached hydrogens (tertiary/aromatic N) is 2. The van der Waals surface area contributed by atoms with Crippen molar-refractivity contribution in [3.05, 3.63) is 24.1 Å². The second-order valence-corrected chi connectivity index (χ2v) is 4.45. The maximum atomic E-state index is 5.96. The molecule has 1 atom stereocenters. The van der Waals surface area contributed by atoms with Gasteiger partial charge in [0.15, 0.2) is 0 Å². The molecule has 0 radical (unpaired) electrons. The lowest BCUT2D eigenvalue weighted by atomic mass is 10.1. The molecule has 0 aliphatic rings. The minimum absolute atomic E-state index is 0.228. The second kappa shape index (κ2) is 6.38. The van der Waals surface area contributed by atoms with Crippen molar-refractivity contribution in [2.45, 2.75) is 25.8 Å². The highest BCUT2D eigenvalue weighted by atomic mass is 16.5. The van der Waals surface area contributed by atoms with E-state index in [0.29, 0.717) is 23.2 Å². The summed E-state index contributed by atoms with van der Waals surface area (Å²) >= 11 is 0. The van der Waals surface area contributed by atoms with Crippen molar-refractivity contribution in [2.24, 2.45) is 5.73 Å². The van der Waals surface area contributed by atoms with Crippen LogP contribution in [0.3, 0.4) is 0 Å². The first-order valence-corrected chi connectivity index (χ1v) is 6.50. The molecule has 0 bridgehead atoms. The average molecular weight is 277 g/mol. The first kappa shape index (κ1) is 14.3. The lowest BCUT2D eigenvalue weighted by Gasteiger charge is -2.06. The molecule has 0 aliphatic heterocycles. The average Bonchev–Trinajstić information content (AvgIpc) is 2.97.